The molecule has 0 aliphatic carbocycles. The number of hydrogen-bond donors (Lipinski definition) is 5. The Morgan fingerprint density at radius 2 is 0.930 bits per heavy atom. The minimum Gasteiger partial charge on any atom is -0.390 e. The quantitative estimate of drug-likeness (QED) is 0.0559. The highest BCUT2D eigenvalue weighted by atomic mass is 16.3. The van der Waals surface area contributed by atoms with E-state index in [1.165, 1.54) is 73.7 Å². The van der Waals surface area contributed by atoms with Crippen molar-refractivity contribution in [3.63, 3.8) is 0 Å². The Bertz CT molecular complexity index is 2310. The smallest absolute Gasteiger partial charge is 0.246 e. The largest absolute Gasteiger partial charge is 0.390 e. The molecule has 11 amide bonds. The molecule has 0 saturated carbocycles. The molecule has 2 unspecified atom stereocenters. The van der Waals surface area contributed by atoms with Gasteiger partial charge in [0.25, 0.3) is 0 Å². The summed E-state index contributed by atoms with van der Waals surface area (Å²) in [5, 5.41) is 20.3. The summed E-state index contributed by atoms with van der Waals surface area (Å²) in [4.78, 5) is 163. The molecule has 0 aliphatic heterocycles. The fourth-order valence-corrected chi connectivity index (χ4v) is 10.4. The molecule has 0 aromatic heterocycles. The van der Waals surface area contributed by atoms with Gasteiger partial charge in [0, 0.05) is 55.3 Å². The number of allylic oxidation sites excluding steroid dienone is 2. The van der Waals surface area contributed by atoms with Crippen LogP contribution in [0.4, 0.5) is 0 Å². The zero-order valence-electron chi connectivity index (χ0n) is 57.1. The Morgan fingerprint density at radius 1 is 0.465 bits per heavy atom. The van der Waals surface area contributed by atoms with E-state index in [0.717, 1.165) is 9.80 Å². The number of aliphatic hydroxyl groups excluding tert-OH is 1. The molecule has 0 saturated heterocycles. The molecule has 494 valence electrons. The van der Waals surface area contributed by atoms with Gasteiger partial charge in [0.05, 0.1) is 12.6 Å². The maximum Gasteiger partial charge on any atom is 0.246 e. The molecule has 0 radical (unpaired) electrons. The van der Waals surface area contributed by atoms with Gasteiger partial charge in [-0.3, -0.25) is 52.7 Å². The minimum absolute atomic E-state index is 0.0402. The van der Waals surface area contributed by atoms with Crippen molar-refractivity contribution in [2.45, 2.75) is 224 Å². The van der Waals surface area contributed by atoms with Gasteiger partial charge in [0.1, 0.15) is 54.4 Å². The van der Waals surface area contributed by atoms with Crippen LogP contribution in [0.2, 0.25) is 0 Å². The molecule has 0 bridgehead atoms. The molecular formula is C63H115N11O12. The van der Waals surface area contributed by atoms with Crippen LogP contribution in [0.1, 0.15) is 163 Å². The Labute approximate surface area is 516 Å². The summed E-state index contributed by atoms with van der Waals surface area (Å²) in [6, 6.07) is -10.4. The van der Waals surface area contributed by atoms with Crippen molar-refractivity contribution in [3.8, 4) is 0 Å². The maximum atomic E-state index is 15.1. The molecule has 0 aromatic carbocycles. The molecule has 0 aromatic rings. The Kier molecular flexibility index (Phi) is 34.3. The number of carbonyl (C=O) groups excluding carboxylic acids is 11. The number of nitrogens with two attached hydrogens (primary N) is 1. The van der Waals surface area contributed by atoms with Crippen molar-refractivity contribution < 1.29 is 57.8 Å². The lowest BCUT2D eigenvalue weighted by Gasteiger charge is -2.41. The van der Waals surface area contributed by atoms with E-state index in [1.807, 2.05) is 62.3 Å². The molecule has 0 heterocycles. The van der Waals surface area contributed by atoms with Crippen molar-refractivity contribution in [1.29, 1.82) is 0 Å². The Morgan fingerprint density at radius 3 is 1.36 bits per heavy atom. The molecular weight excluding hydrogens is 1100 g/mol. The van der Waals surface area contributed by atoms with Gasteiger partial charge in [-0.2, -0.15) is 0 Å². The van der Waals surface area contributed by atoms with E-state index in [1.54, 1.807) is 74.6 Å². The van der Waals surface area contributed by atoms with Gasteiger partial charge in [0.2, 0.25) is 65.0 Å². The lowest BCUT2D eigenvalue weighted by atomic mass is 9.91. The van der Waals surface area contributed by atoms with E-state index in [0.29, 0.717) is 12.8 Å². The van der Waals surface area contributed by atoms with Crippen LogP contribution in [0.25, 0.3) is 0 Å². The highest BCUT2D eigenvalue weighted by Crippen LogP contribution is 2.25. The van der Waals surface area contributed by atoms with Crippen molar-refractivity contribution in [3.05, 3.63) is 12.2 Å². The number of rotatable bonds is 36. The Hall–Kier alpha value is -6.13. The molecule has 13 atom stereocenters. The topological polar surface area (TPSA) is 293 Å². The number of primary amides is 1. The monoisotopic (exact) mass is 1220 g/mol. The van der Waals surface area contributed by atoms with Gasteiger partial charge < -0.3 is 61.1 Å². The van der Waals surface area contributed by atoms with Crippen LogP contribution in [0.3, 0.4) is 0 Å². The van der Waals surface area contributed by atoms with Crippen LogP contribution in [0.5, 0.6) is 0 Å². The maximum absolute atomic E-state index is 15.1. The normalized spacial score (nSPS) is 16.3. The fourth-order valence-electron chi connectivity index (χ4n) is 10.4. The summed E-state index contributed by atoms with van der Waals surface area (Å²) in [6.07, 6.45) is 3.55. The summed E-state index contributed by atoms with van der Waals surface area (Å²) in [6.45, 7) is 31.7. The zero-order chi connectivity index (χ0) is 67.3. The van der Waals surface area contributed by atoms with E-state index in [9.17, 15) is 48.3 Å². The van der Waals surface area contributed by atoms with E-state index in [2.05, 4.69) is 16.0 Å². The molecule has 86 heavy (non-hydrogen) atoms. The summed E-state index contributed by atoms with van der Waals surface area (Å²) < 4.78 is 0. The first kappa shape index (κ1) is 79.9. The second kappa shape index (κ2) is 36.9. The molecule has 0 fully saturated rings. The first-order valence-corrected chi connectivity index (χ1v) is 30.9. The molecule has 23 nitrogen and oxygen atoms in total. The number of nitrogens with zero attached hydrogens (tertiary/aromatic N) is 7. The van der Waals surface area contributed by atoms with E-state index < -0.39 is 138 Å². The summed E-state index contributed by atoms with van der Waals surface area (Å²) in [7, 11) is 10.1. The predicted molar refractivity (Wildman–Crippen MR) is 335 cm³/mol. The van der Waals surface area contributed by atoms with Crippen molar-refractivity contribution in [2.75, 3.05) is 55.9 Å². The number of nitrogens with one attached hydrogen (secondary N) is 3. The third-order valence-corrected chi connectivity index (χ3v) is 16.7. The Balaban J connectivity index is 7.15. The number of aliphatic hydroxyl groups is 1. The molecule has 23 heteroatoms. The molecule has 0 rings (SSSR count). The average Bonchev–Trinajstić information content (AvgIpc) is 3.53. The minimum atomic E-state index is -1.60. The summed E-state index contributed by atoms with van der Waals surface area (Å²) in [5.41, 5.74) is 5.66. The lowest BCUT2D eigenvalue weighted by Crippen LogP contribution is -2.63. The first-order valence-electron chi connectivity index (χ1n) is 30.9. The SMILES string of the molecule is C/C=C\C[C@@H](C)[C@H](O)C(C(=O)N[C@H](CC)C(=O)N(C)CC(=O)N(C)[C@@H](C(N)=O)C(C)CC)N(C)C(=O)[C@H](C(C)C)N(C)C(=O)[C@@H](CC(C)C)N(C)C(=O)[C@H](CC(C)C)N(C)C(=O)[C@H](C)NC(=O)[C@@H](CC(C)C)NC(=O)[C@H](C)N(C)C(=O)[C@H](C)C(C)C. The van der Waals surface area contributed by atoms with Crippen molar-refractivity contribution >= 4 is 65.0 Å². The second-order valence-electron chi connectivity index (χ2n) is 26.0. The van der Waals surface area contributed by atoms with Gasteiger partial charge in [-0.05, 0) is 94.3 Å². The van der Waals surface area contributed by atoms with Gasteiger partial charge in [-0.1, -0.05) is 122 Å². The van der Waals surface area contributed by atoms with E-state index in [4.69, 9.17) is 5.73 Å². The van der Waals surface area contributed by atoms with Crippen LogP contribution in [-0.4, -0.2) is 221 Å². The molecule has 0 spiro atoms. The van der Waals surface area contributed by atoms with E-state index in [-0.39, 0.29) is 67.1 Å². The number of hydrogen-bond acceptors (Lipinski definition) is 12. The van der Waals surface area contributed by atoms with Crippen molar-refractivity contribution in [1.82, 2.24) is 50.2 Å². The zero-order valence-corrected chi connectivity index (χ0v) is 57.1. The second-order valence-corrected chi connectivity index (χ2v) is 26.0. The third-order valence-electron chi connectivity index (χ3n) is 16.7. The summed E-state index contributed by atoms with van der Waals surface area (Å²) >= 11 is 0. The number of likely N-dealkylation sites (N-methyl/N-ethyl adjacent to an activating group) is 7. The fraction of sp³-hybridized carbons (Fsp3) is 0.794. The molecule has 6 N–H and O–H groups in total. The van der Waals surface area contributed by atoms with Crippen LogP contribution in [0.15, 0.2) is 12.2 Å². The number of carbonyl (C=O) groups is 11. The van der Waals surface area contributed by atoms with Crippen LogP contribution >= 0.6 is 0 Å². The van der Waals surface area contributed by atoms with E-state index >= 15 is 9.59 Å². The standard InChI is InChI=1S/C63H115N11O12/c1-26-29-30-41(15)53(76)52(57(80)66-45(28-3)60(83)68(19)34-49(75)72(23)51(54(64)77)40(14)27-2)74(25)63(86)50(39(12)13)73(24)62(85)48(33-37(8)9)71(22)61(84)47(32-36(6)7)70(21)59(82)43(17)65-56(79)46(31-35(4)5)67-55(78)44(18)69(20)58(81)42(16)38(10)11/h26,29,35-48,50-53,76H,27-28,30-34H2,1-25H3,(H2,64,77)(H,65,79)(H,66,80)(H,67,78)/b29-26-/t40?,41-,42-,43+,44+,45-,46-,47+,48-,50+,51-,52?,53+/m1/s1. The van der Waals surface area contributed by atoms with Crippen LogP contribution in [0, 0.1) is 47.3 Å². The highest BCUT2D eigenvalue weighted by Gasteiger charge is 2.45. The number of amides is 11. The van der Waals surface area contributed by atoms with Crippen LogP contribution in [-0.2, 0) is 52.7 Å². The predicted octanol–water partition coefficient (Wildman–Crippen LogP) is 3.89. The third kappa shape index (κ3) is 22.9. The van der Waals surface area contributed by atoms with Gasteiger partial charge in [-0.25, -0.2) is 0 Å². The molecule has 0 aliphatic rings. The average molecular weight is 1220 g/mol. The van der Waals surface area contributed by atoms with Crippen molar-refractivity contribution in [2.24, 2.45) is 53.1 Å². The van der Waals surface area contributed by atoms with Gasteiger partial charge >= 0.3 is 0 Å². The van der Waals surface area contributed by atoms with Gasteiger partial charge in [-0.15, -0.1) is 0 Å². The summed E-state index contributed by atoms with van der Waals surface area (Å²) in [5.74, 6) is -8.80. The first-order chi connectivity index (χ1) is 39.6. The van der Waals surface area contributed by atoms with Crippen LogP contribution < -0.4 is 21.7 Å². The van der Waals surface area contributed by atoms with Gasteiger partial charge in [0.15, 0.2) is 0 Å². The lowest BCUT2D eigenvalue weighted by molar-refractivity contribution is -0.157. The highest BCUT2D eigenvalue weighted by molar-refractivity contribution is 5.99.